The molecule has 2 aliphatic rings. The first kappa shape index (κ1) is 23.8. The van der Waals surface area contributed by atoms with Gasteiger partial charge < -0.3 is 9.80 Å². The SMILES string of the molecule is Cc1cc(N2CCC(N(C)C(=O)CCS(=O)(=O)C3=Cc4ccc(Cl)cc4CC3)CC2)ccn1. The highest BCUT2D eigenvalue weighted by Crippen LogP contribution is 2.30. The molecule has 1 saturated heterocycles. The van der Waals surface area contributed by atoms with Gasteiger partial charge >= 0.3 is 0 Å². The van der Waals surface area contributed by atoms with E-state index >= 15 is 0 Å². The predicted molar refractivity (Wildman–Crippen MR) is 133 cm³/mol. The summed E-state index contributed by atoms with van der Waals surface area (Å²) in [7, 11) is -1.68. The van der Waals surface area contributed by atoms with E-state index < -0.39 is 9.84 Å². The van der Waals surface area contributed by atoms with Crippen molar-refractivity contribution in [1.82, 2.24) is 9.88 Å². The van der Waals surface area contributed by atoms with Crippen LogP contribution in [0.25, 0.3) is 6.08 Å². The van der Waals surface area contributed by atoms with Crippen LogP contribution >= 0.6 is 11.6 Å². The standard InChI is InChI=1S/C25H30ClN3O3S/c1-18-15-23(7-11-27-18)29-12-8-22(9-13-29)28(2)25(30)10-14-33(31,32)24-6-4-19-16-21(26)5-3-20(19)17-24/h3,5,7,11,15-17,22H,4,6,8-10,12-14H2,1-2H3. The number of sulfone groups is 1. The molecule has 176 valence electrons. The van der Waals surface area contributed by atoms with Crippen molar-refractivity contribution in [2.45, 2.75) is 45.1 Å². The average Bonchev–Trinajstić information content (AvgIpc) is 2.82. The van der Waals surface area contributed by atoms with Crippen molar-refractivity contribution in [2.24, 2.45) is 0 Å². The number of anilines is 1. The van der Waals surface area contributed by atoms with E-state index in [0.29, 0.717) is 22.8 Å². The Hall–Kier alpha value is -2.38. The molecule has 33 heavy (non-hydrogen) atoms. The normalized spacial score (nSPS) is 16.8. The Morgan fingerprint density at radius 3 is 2.67 bits per heavy atom. The summed E-state index contributed by atoms with van der Waals surface area (Å²) < 4.78 is 25.8. The number of halogens is 1. The molecule has 0 radical (unpaired) electrons. The Balaban J connectivity index is 1.32. The number of amides is 1. The fourth-order valence-corrected chi connectivity index (χ4v) is 6.27. The van der Waals surface area contributed by atoms with Gasteiger partial charge in [-0.2, -0.15) is 0 Å². The molecule has 8 heteroatoms. The molecule has 6 nitrogen and oxygen atoms in total. The van der Waals surface area contributed by atoms with Crippen molar-refractivity contribution in [3.05, 3.63) is 63.3 Å². The highest BCUT2D eigenvalue weighted by molar-refractivity contribution is 7.95. The van der Waals surface area contributed by atoms with Crippen LogP contribution in [-0.2, 0) is 21.1 Å². The third-order valence-electron chi connectivity index (χ3n) is 6.70. The Labute approximate surface area is 201 Å². The molecule has 0 atom stereocenters. The van der Waals surface area contributed by atoms with Crippen molar-refractivity contribution in [3.8, 4) is 0 Å². The molecule has 0 bridgehead atoms. The number of benzene rings is 1. The van der Waals surface area contributed by atoms with Crippen LogP contribution < -0.4 is 4.90 Å². The molecule has 1 amide bonds. The molecule has 1 aromatic heterocycles. The van der Waals surface area contributed by atoms with Crippen LogP contribution in [0.1, 0.15) is 42.5 Å². The number of hydrogen-bond acceptors (Lipinski definition) is 5. The van der Waals surface area contributed by atoms with Crippen molar-refractivity contribution in [3.63, 3.8) is 0 Å². The molecule has 1 aliphatic carbocycles. The minimum Gasteiger partial charge on any atom is -0.371 e. The first-order valence-corrected chi connectivity index (χ1v) is 13.4. The van der Waals surface area contributed by atoms with Gasteiger partial charge in [-0.3, -0.25) is 9.78 Å². The van der Waals surface area contributed by atoms with Gasteiger partial charge in [0.15, 0.2) is 9.84 Å². The number of hydrogen-bond donors (Lipinski definition) is 0. The first-order valence-electron chi connectivity index (χ1n) is 11.4. The number of allylic oxidation sites excluding steroid dienone is 1. The quantitative estimate of drug-likeness (QED) is 0.608. The maximum absolute atomic E-state index is 12.9. The lowest BCUT2D eigenvalue weighted by atomic mass is 9.97. The summed E-state index contributed by atoms with van der Waals surface area (Å²) in [6.45, 7) is 3.70. The summed E-state index contributed by atoms with van der Waals surface area (Å²) in [4.78, 5) is 21.5. The number of aryl methyl sites for hydroxylation is 2. The smallest absolute Gasteiger partial charge is 0.223 e. The summed E-state index contributed by atoms with van der Waals surface area (Å²) in [5.74, 6) is -0.263. The number of pyridine rings is 1. The van der Waals surface area contributed by atoms with E-state index in [0.717, 1.165) is 48.4 Å². The zero-order chi connectivity index (χ0) is 23.6. The third-order valence-corrected chi connectivity index (χ3v) is 8.79. The van der Waals surface area contributed by atoms with Crippen LogP contribution in [0.3, 0.4) is 0 Å². The minimum atomic E-state index is -3.48. The first-order chi connectivity index (χ1) is 15.7. The van der Waals surface area contributed by atoms with Gasteiger partial charge in [-0.05, 0) is 74.1 Å². The molecule has 0 saturated carbocycles. The van der Waals surface area contributed by atoms with Gasteiger partial charge in [0.05, 0.1) is 5.75 Å². The lowest BCUT2D eigenvalue weighted by Crippen LogP contribution is -2.46. The molecular weight excluding hydrogens is 458 g/mol. The minimum absolute atomic E-state index is 0.00735. The molecule has 0 unspecified atom stereocenters. The van der Waals surface area contributed by atoms with E-state index in [1.807, 2.05) is 31.3 Å². The van der Waals surface area contributed by atoms with Crippen LogP contribution in [0, 0.1) is 6.92 Å². The van der Waals surface area contributed by atoms with Crippen LogP contribution in [0.2, 0.25) is 5.02 Å². The lowest BCUT2D eigenvalue weighted by Gasteiger charge is -2.38. The molecule has 0 spiro atoms. The van der Waals surface area contributed by atoms with Gasteiger partial charge in [0, 0.05) is 60.1 Å². The van der Waals surface area contributed by atoms with E-state index in [9.17, 15) is 13.2 Å². The maximum atomic E-state index is 12.9. The lowest BCUT2D eigenvalue weighted by molar-refractivity contribution is -0.131. The second-order valence-corrected chi connectivity index (χ2v) is 11.5. The summed E-state index contributed by atoms with van der Waals surface area (Å²) in [6, 6.07) is 9.73. The molecule has 4 rings (SSSR count). The van der Waals surface area contributed by atoms with Gasteiger partial charge in [-0.15, -0.1) is 0 Å². The Morgan fingerprint density at radius 2 is 1.94 bits per heavy atom. The van der Waals surface area contributed by atoms with E-state index in [2.05, 4.69) is 16.0 Å². The Morgan fingerprint density at radius 1 is 1.18 bits per heavy atom. The van der Waals surface area contributed by atoms with Crippen molar-refractivity contribution >= 4 is 39.1 Å². The van der Waals surface area contributed by atoms with Gasteiger partial charge in [-0.1, -0.05) is 17.7 Å². The van der Waals surface area contributed by atoms with Crippen molar-refractivity contribution in [2.75, 3.05) is 30.8 Å². The molecular formula is C25H30ClN3O3S. The predicted octanol–water partition coefficient (Wildman–Crippen LogP) is 4.26. The highest BCUT2D eigenvalue weighted by atomic mass is 35.5. The van der Waals surface area contributed by atoms with Crippen molar-refractivity contribution in [1.29, 1.82) is 0 Å². The van der Waals surface area contributed by atoms with Gasteiger partial charge in [0.25, 0.3) is 0 Å². The molecule has 2 aromatic rings. The molecule has 0 N–H and O–H groups in total. The zero-order valence-corrected chi connectivity index (χ0v) is 20.7. The maximum Gasteiger partial charge on any atom is 0.223 e. The monoisotopic (exact) mass is 487 g/mol. The summed E-state index contributed by atoms with van der Waals surface area (Å²) in [5, 5.41) is 0.656. The number of fused-ring (bicyclic) bond motifs is 1. The Bertz CT molecular complexity index is 1170. The van der Waals surface area contributed by atoms with Crippen LogP contribution in [0.5, 0.6) is 0 Å². The average molecular weight is 488 g/mol. The number of carbonyl (C=O) groups excluding carboxylic acids is 1. The molecule has 1 aliphatic heterocycles. The number of aromatic nitrogens is 1. The second kappa shape index (κ2) is 9.85. The van der Waals surface area contributed by atoms with Crippen LogP contribution in [-0.4, -0.2) is 56.1 Å². The van der Waals surface area contributed by atoms with E-state index in [-0.39, 0.29) is 24.1 Å². The zero-order valence-electron chi connectivity index (χ0n) is 19.1. The molecule has 1 fully saturated rings. The fraction of sp³-hybridized carbons (Fsp3) is 0.440. The summed E-state index contributed by atoms with van der Waals surface area (Å²) in [6.07, 6.45) is 6.38. The topological polar surface area (TPSA) is 70.6 Å². The van der Waals surface area contributed by atoms with E-state index in [1.165, 1.54) is 0 Å². The number of nitrogens with zero attached hydrogens (tertiary/aromatic N) is 3. The van der Waals surface area contributed by atoms with E-state index in [4.69, 9.17) is 11.6 Å². The largest absolute Gasteiger partial charge is 0.371 e. The van der Waals surface area contributed by atoms with E-state index in [1.54, 1.807) is 24.1 Å². The Kier molecular flexibility index (Phi) is 7.10. The van der Waals surface area contributed by atoms with Gasteiger partial charge in [0.2, 0.25) is 5.91 Å². The highest BCUT2D eigenvalue weighted by Gasteiger charge is 2.28. The summed E-state index contributed by atoms with van der Waals surface area (Å²) >= 11 is 6.04. The molecule has 1 aromatic carbocycles. The van der Waals surface area contributed by atoms with Crippen LogP contribution in [0.15, 0.2) is 41.4 Å². The second-order valence-electron chi connectivity index (χ2n) is 8.90. The van der Waals surface area contributed by atoms with Gasteiger partial charge in [0.1, 0.15) is 0 Å². The van der Waals surface area contributed by atoms with Gasteiger partial charge in [-0.25, -0.2) is 8.42 Å². The molecule has 2 heterocycles. The van der Waals surface area contributed by atoms with Crippen LogP contribution in [0.4, 0.5) is 5.69 Å². The number of rotatable bonds is 6. The number of piperidine rings is 1. The fourth-order valence-electron chi connectivity index (χ4n) is 4.65. The third kappa shape index (κ3) is 5.58. The van der Waals surface area contributed by atoms with Crippen molar-refractivity contribution < 1.29 is 13.2 Å². The number of carbonyl (C=O) groups is 1. The summed E-state index contributed by atoms with van der Waals surface area (Å²) in [5.41, 5.74) is 4.10.